The first kappa shape index (κ1) is 31.0. The average molecular weight is 492 g/mol. The summed E-state index contributed by atoms with van der Waals surface area (Å²) < 4.78 is 0.189. The molecule has 0 saturated carbocycles. The molecule has 0 bridgehead atoms. The van der Waals surface area contributed by atoms with Crippen LogP contribution in [0.15, 0.2) is 41.0 Å². The van der Waals surface area contributed by atoms with Gasteiger partial charge in [-0.2, -0.15) is 17.3 Å². The van der Waals surface area contributed by atoms with E-state index in [0.29, 0.717) is 0 Å². The minimum absolute atomic E-state index is 0. The van der Waals surface area contributed by atoms with Gasteiger partial charge in [0.05, 0.1) is 0 Å². The Hall–Kier alpha value is 0.821. The topological polar surface area (TPSA) is 0 Å². The molecule has 2 aliphatic carbocycles. The van der Waals surface area contributed by atoms with E-state index >= 15 is 0 Å². The quantitative estimate of drug-likeness (QED) is 0.426. The Morgan fingerprint density at radius 2 is 1.61 bits per heavy atom. The molecule has 0 fully saturated rings. The Morgan fingerprint density at radius 1 is 1.04 bits per heavy atom. The van der Waals surface area contributed by atoms with Gasteiger partial charge in [0.2, 0.25) is 0 Å². The molecule has 0 amide bonds. The van der Waals surface area contributed by atoms with Crippen molar-refractivity contribution in [3.63, 3.8) is 0 Å². The van der Waals surface area contributed by atoms with Crippen LogP contribution in [0.3, 0.4) is 0 Å². The van der Waals surface area contributed by atoms with Crippen molar-refractivity contribution < 1.29 is 46.5 Å². The van der Waals surface area contributed by atoms with Crippen LogP contribution in [0, 0.1) is 16.9 Å². The van der Waals surface area contributed by atoms with Crippen molar-refractivity contribution in [2.45, 2.75) is 85.2 Å². The minimum Gasteiger partial charge on any atom is -1.00 e. The molecule has 0 nitrogen and oxygen atoms in total. The molecule has 0 aromatic rings. The zero-order valence-electron chi connectivity index (χ0n) is 19.1. The number of allylic oxidation sites excluding steroid dienone is 7. The molecular formula is C23H37Cl2SSiTi. The summed E-state index contributed by atoms with van der Waals surface area (Å²) in [4.78, 5) is 0. The van der Waals surface area contributed by atoms with Crippen LogP contribution in [0.4, 0.5) is 0 Å². The first-order valence-electron chi connectivity index (χ1n) is 9.63. The molecule has 2 rings (SSSR count). The molecule has 157 valence electrons. The van der Waals surface area contributed by atoms with Crippen LogP contribution >= 0.6 is 11.2 Å². The maximum absolute atomic E-state index is 3.59. The van der Waals surface area contributed by atoms with E-state index in [-0.39, 0.29) is 62.1 Å². The molecule has 1 atom stereocenters. The Morgan fingerprint density at radius 3 is 2.00 bits per heavy atom. The third kappa shape index (κ3) is 8.16. The molecule has 0 heterocycles. The summed E-state index contributed by atoms with van der Waals surface area (Å²) in [7, 11) is -1.30. The van der Waals surface area contributed by atoms with Gasteiger partial charge in [-0.05, 0) is 34.8 Å². The van der Waals surface area contributed by atoms with Crippen molar-refractivity contribution in [2.75, 3.05) is 0 Å². The standard InChI is InChI=1S/C23H37SSi.2ClH.Ti/c1-21(2,3)19-14-15-23(24-25(7,8)9,17-18-12-10-11-13-18)20(16-19)22(4,5)6;;;/h10,12,14,16H,11,15,17H2,1-9H3;2*1H;/q-1;;;+3/p-2. The van der Waals surface area contributed by atoms with E-state index in [0.717, 1.165) is 19.3 Å². The predicted octanol–water partition coefficient (Wildman–Crippen LogP) is 1.73. The van der Waals surface area contributed by atoms with E-state index in [1.165, 1.54) is 11.1 Å². The Balaban J connectivity index is 0. The smallest absolute Gasteiger partial charge is 1.00 e. The van der Waals surface area contributed by atoms with Crippen molar-refractivity contribution in [3.8, 4) is 0 Å². The fourth-order valence-corrected chi connectivity index (χ4v) is 10.3. The maximum Gasteiger partial charge on any atom is 3.00 e. The number of hydrogen-bond donors (Lipinski definition) is 0. The van der Waals surface area contributed by atoms with Crippen molar-refractivity contribution in [3.05, 3.63) is 47.1 Å². The van der Waals surface area contributed by atoms with Gasteiger partial charge >= 0.3 is 21.7 Å². The van der Waals surface area contributed by atoms with Crippen LogP contribution in [0.25, 0.3) is 0 Å². The van der Waals surface area contributed by atoms with Crippen molar-refractivity contribution in [2.24, 2.45) is 10.8 Å². The predicted molar refractivity (Wildman–Crippen MR) is 118 cm³/mol. The molecule has 0 saturated heterocycles. The van der Waals surface area contributed by atoms with Crippen LogP contribution in [0.5, 0.6) is 0 Å². The Labute approximate surface area is 206 Å². The molecule has 2 aliphatic rings. The minimum atomic E-state index is -1.30. The number of rotatable bonds is 4. The summed E-state index contributed by atoms with van der Waals surface area (Å²) in [6, 6.07) is 0. The van der Waals surface area contributed by atoms with E-state index < -0.39 is 7.22 Å². The second-order valence-corrected chi connectivity index (χ2v) is 20.1. The van der Waals surface area contributed by atoms with Gasteiger partial charge in [-0.3, -0.25) is 6.08 Å². The Bertz CT molecular complexity index is 643. The molecule has 0 N–H and O–H groups in total. The van der Waals surface area contributed by atoms with E-state index in [1.54, 1.807) is 5.57 Å². The van der Waals surface area contributed by atoms with E-state index in [2.05, 4.69) is 103 Å². The normalized spacial score (nSPS) is 22.2. The summed E-state index contributed by atoms with van der Waals surface area (Å²) in [5.41, 5.74) is 4.94. The second kappa shape index (κ2) is 10.9. The first-order valence-corrected chi connectivity index (χ1v) is 14.7. The average Bonchev–Trinajstić information content (AvgIpc) is 2.86. The van der Waals surface area contributed by atoms with Crippen LogP contribution in [0.1, 0.15) is 60.8 Å². The molecule has 0 spiro atoms. The summed E-state index contributed by atoms with van der Waals surface area (Å²) in [5, 5.41) is 0. The summed E-state index contributed by atoms with van der Waals surface area (Å²) in [6.45, 7) is 21.7. The van der Waals surface area contributed by atoms with Gasteiger partial charge in [-0.15, -0.1) is 6.42 Å². The van der Waals surface area contributed by atoms with Crippen molar-refractivity contribution >= 4 is 18.4 Å². The van der Waals surface area contributed by atoms with Gasteiger partial charge in [0, 0.05) is 4.75 Å². The van der Waals surface area contributed by atoms with Crippen LogP contribution in [0.2, 0.25) is 19.6 Å². The number of hydrogen-bond acceptors (Lipinski definition) is 1. The van der Waals surface area contributed by atoms with Gasteiger partial charge in [0.15, 0.2) is 0 Å². The molecule has 0 aromatic heterocycles. The fourth-order valence-electron chi connectivity index (χ4n) is 3.92. The monoisotopic (exact) mass is 491 g/mol. The zero-order chi connectivity index (χ0) is 19.1. The molecule has 28 heavy (non-hydrogen) atoms. The maximum atomic E-state index is 3.59. The summed E-state index contributed by atoms with van der Waals surface area (Å²) >= 11 is 2.29. The molecule has 0 aromatic carbocycles. The molecule has 1 unspecified atom stereocenters. The Kier molecular flexibility index (Phi) is 12.1. The van der Waals surface area contributed by atoms with Crippen LogP contribution < -0.4 is 24.8 Å². The van der Waals surface area contributed by atoms with Gasteiger partial charge in [-0.1, -0.05) is 73.3 Å². The van der Waals surface area contributed by atoms with Gasteiger partial charge in [0.1, 0.15) is 7.22 Å². The number of halogens is 2. The summed E-state index contributed by atoms with van der Waals surface area (Å²) in [6.07, 6.45) is 16.5. The second-order valence-electron chi connectivity index (χ2n) is 10.6. The summed E-state index contributed by atoms with van der Waals surface area (Å²) in [5.74, 6) is 0. The molecule has 0 aliphatic heterocycles. The van der Waals surface area contributed by atoms with Crippen LogP contribution in [-0.2, 0) is 21.7 Å². The third-order valence-corrected chi connectivity index (χ3v) is 9.40. The SMILES string of the molecule is CC(C)(C)C1=CCC(CC2=[C-]CC=C2)(S[Si](C)(C)C)C(C(C)(C)C)=C1.[Cl-].[Cl-].[Ti+3]. The van der Waals surface area contributed by atoms with Crippen LogP contribution in [-0.4, -0.2) is 12.0 Å². The van der Waals surface area contributed by atoms with Gasteiger partial charge in [-0.25, -0.2) is 11.6 Å². The molecule has 5 heteroatoms. The zero-order valence-corrected chi connectivity index (χ0v) is 24.0. The molecule has 1 radical (unpaired) electrons. The molecular weight excluding hydrogens is 455 g/mol. The van der Waals surface area contributed by atoms with Gasteiger partial charge < -0.3 is 24.8 Å². The van der Waals surface area contributed by atoms with E-state index in [1.807, 2.05) is 0 Å². The van der Waals surface area contributed by atoms with Gasteiger partial charge in [0.25, 0.3) is 0 Å². The third-order valence-electron chi connectivity index (χ3n) is 4.86. The van der Waals surface area contributed by atoms with E-state index in [4.69, 9.17) is 0 Å². The fraction of sp³-hybridized carbons (Fsp3) is 0.652. The van der Waals surface area contributed by atoms with Crippen molar-refractivity contribution in [1.29, 1.82) is 0 Å². The van der Waals surface area contributed by atoms with Crippen molar-refractivity contribution in [1.82, 2.24) is 0 Å². The largest absolute Gasteiger partial charge is 3.00 e. The first-order chi connectivity index (χ1) is 11.2. The van der Waals surface area contributed by atoms with E-state index in [9.17, 15) is 0 Å².